The number of nitrogens with one attached hydrogen (secondary N) is 2. The van der Waals surface area contributed by atoms with E-state index in [1.165, 1.54) is 0 Å². The van der Waals surface area contributed by atoms with E-state index in [1.807, 2.05) is 31.2 Å². The van der Waals surface area contributed by atoms with E-state index in [0.29, 0.717) is 5.69 Å². The van der Waals surface area contributed by atoms with Crippen molar-refractivity contribution in [1.82, 2.24) is 10.3 Å². The molecule has 0 unspecified atom stereocenters. The van der Waals surface area contributed by atoms with Gasteiger partial charge in [0.1, 0.15) is 5.69 Å². The number of hydrogen-bond donors (Lipinski definition) is 2. The smallest absolute Gasteiger partial charge is 0.268 e. The largest absolute Gasteiger partial charge is 0.351 e. The summed E-state index contributed by atoms with van der Waals surface area (Å²) < 4.78 is 0. The second-order valence-electron chi connectivity index (χ2n) is 3.66. The van der Waals surface area contributed by atoms with Crippen LogP contribution in [0.15, 0.2) is 24.3 Å². The molecule has 80 valence electrons. The van der Waals surface area contributed by atoms with Crippen LogP contribution in [0.2, 0.25) is 0 Å². The summed E-state index contributed by atoms with van der Waals surface area (Å²) in [6.45, 7) is 2.26. The Morgan fingerprint density at radius 3 is 3.06 bits per heavy atom. The summed E-state index contributed by atoms with van der Waals surface area (Å²) >= 11 is 0. The summed E-state index contributed by atoms with van der Waals surface area (Å²) in [5.41, 5.74) is 2.66. The predicted octanol–water partition coefficient (Wildman–Crippen LogP) is 1.84. The number of carbonyl (C=O) groups excluding carboxylic acids is 1. The van der Waals surface area contributed by atoms with Crippen molar-refractivity contribution in [3.63, 3.8) is 0 Å². The Hall–Kier alpha value is -2.21. The van der Waals surface area contributed by atoms with Crippen LogP contribution in [0.1, 0.15) is 16.1 Å². The van der Waals surface area contributed by atoms with Crippen molar-refractivity contribution in [2.45, 2.75) is 6.92 Å². The van der Waals surface area contributed by atoms with Gasteiger partial charge in [-0.1, -0.05) is 18.1 Å². The van der Waals surface area contributed by atoms with Gasteiger partial charge in [0.25, 0.3) is 5.91 Å². The Labute approximate surface area is 93.9 Å². The number of H-pyrrole nitrogens is 1. The van der Waals surface area contributed by atoms with Crippen LogP contribution in [0.4, 0.5) is 0 Å². The first-order valence-electron chi connectivity index (χ1n) is 5.02. The average Bonchev–Trinajstić information content (AvgIpc) is 2.68. The zero-order valence-electron chi connectivity index (χ0n) is 9.00. The number of aryl methyl sites for hydroxylation is 1. The highest BCUT2D eigenvalue weighted by Gasteiger charge is 2.07. The Balaban J connectivity index is 2.33. The number of aromatic amines is 1. The molecule has 16 heavy (non-hydrogen) atoms. The van der Waals surface area contributed by atoms with Gasteiger partial charge in [-0.3, -0.25) is 4.79 Å². The van der Waals surface area contributed by atoms with Gasteiger partial charge in [-0.25, -0.2) is 0 Å². The van der Waals surface area contributed by atoms with Gasteiger partial charge >= 0.3 is 0 Å². The maximum Gasteiger partial charge on any atom is 0.268 e. The van der Waals surface area contributed by atoms with Gasteiger partial charge in [-0.2, -0.15) is 0 Å². The highest BCUT2D eigenvalue weighted by molar-refractivity contribution is 5.98. The Morgan fingerprint density at radius 2 is 2.31 bits per heavy atom. The molecule has 0 atom stereocenters. The van der Waals surface area contributed by atoms with Crippen LogP contribution in [0.5, 0.6) is 0 Å². The van der Waals surface area contributed by atoms with Crippen molar-refractivity contribution < 1.29 is 4.79 Å². The fraction of sp³-hybridized carbons (Fsp3) is 0.154. The zero-order chi connectivity index (χ0) is 11.5. The van der Waals surface area contributed by atoms with E-state index in [0.717, 1.165) is 16.5 Å². The molecule has 0 saturated heterocycles. The van der Waals surface area contributed by atoms with Crippen molar-refractivity contribution in [2.75, 3.05) is 6.54 Å². The lowest BCUT2D eigenvalue weighted by atomic mass is 10.2. The summed E-state index contributed by atoms with van der Waals surface area (Å²) in [4.78, 5) is 14.7. The third-order valence-electron chi connectivity index (χ3n) is 2.37. The van der Waals surface area contributed by atoms with Crippen molar-refractivity contribution in [3.8, 4) is 12.3 Å². The first-order valence-corrected chi connectivity index (χ1v) is 5.02. The van der Waals surface area contributed by atoms with E-state index < -0.39 is 0 Å². The lowest BCUT2D eigenvalue weighted by Crippen LogP contribution is -2.23. The number of fused-ring (bicyclic) bond motifs is 1. The molecule has 0 bridgehead atoms. The van der Waals surface area contributed by atoms with Crippen molar-refractivity contribution >= 4 is 16.8 Å². The fourth-order valence-electron chi connectivity index (χ4n) is 1.59. The Kier molecular flexibility index (Phi) is 2.65. The minimum absolute atomic E-state index is 0.174. The lowest BCUT2D eigenvalue weighted by molar-refractivity contribution is 0.0954. The van der Waals surface area contributed by atoms with Gasteiger partial charge in [-0.15, -0.1) is 6.42 Å². The molecule has 2 rings (SSSR count). The van der Waals surface area contributed by atoms with E-state index in [1.54, 1.807) is 0 Å². The lowest BCUT2D eigenvalue weighted by Gasteiger charge is -1.96. The third-order valence-corrected chi connectivity index (χ3v) is 2.37. The van der Waals surface area contributed by atoms with Crippen LogP contribution in [-0.4, -0.2) is 17.4 Å². The van der Waals surface area contributed by atoms with Crippen LogP contribution in [0.3, 0.4) is 0 Å². The van der Waals surface area contributed by atoms with E-state index >= 15 is 0 Å². The minimum Gasteiger partial charge on any atom is -0.351 e. The highest BCUT2D eigenvalue weighted by atomic mass is 16.1. The number of amides is 1. The molecule has 0 saturated carbocycles. The van der Waals surface area contributed by atoms with Crippen LogP contribution in [0.25, 0.3) is 10.9 Å². The Morgan fingerprint density at radius 1 is 1.50 bits per heavy atom. The van der Waals surface area contributed by atoms with E-state index in [2.05, 4.69) is 16.2 Å². The van der Waals surface area contributed by atoms with Gasteiger partial charge in [0.2, 0.25) is 0 Å². The van der Waals surface area contributed by atoms with Crippen LogP contribution in [-0.2, 0) is 0 Å². The van der Waals surface area contributed by atoms with Crippen LogP contribution >= 0.6 is 0 Å². The van der Waals surface area contributed by atoms with Crippen molar-refractivity contribution in [2.24, 2.45) is 0 Å². The molecule has 2 N–H and O–H groups in total. The molecule has 0 aliphatic rings. The number of rotatable bonds is 2. The second-order valence-corrected chi connectivity index (χ2v) is 3.66. The number of carbonyl (C=O) groups is 1. The predicted molar refractivity (Wildman–Crippen MR) is 64.2 cm³/mol. The van der Waals surface area contributed by atoms with Gasteiger partial charge in [0.05, 0.1) is 6.54 Å². The third kappa shape index (κ3) is 1.91. The first-order chi connectivity index (χ1) is 7.70. The summed E-state index contributed by atoms with van der Waals surface area (Å²) in [5.74, 6) is 2.19. The molecule has 3 heteroatoms. The van der Waals surface area contributed by atoms with E-state index in [4.69, 9.17) is 6.42 Å². The Bertz CT molecular complexity index is 575. The molecule has 2 aromatic rings. The molecule has 0 aliphatic carbocycles. The fourth-order valence-corrected chi connectivity index (χ4v) is 1.59. The van der Waals surface area contributed by atoms with Crippen LogP contribution < -0.4 is 5.32 Å². The molecule has 1 heterocycles. The number of aromatic nitrogens is 1. The standard InChI is InChI=1S/C13H12N2O/c1-3-6-14-13(16)12-8-10-5-4-9(2)7-11(10)15-12/h1,4-5,7-8,15H,6H2,2H3,(H,14,16). The molecule has 0 radical (unpaired) electrons. The molecule has 0 aliphatic heterocycles. The molecule has 1 amide bonds. The molecular formula is C13H12N2O. The normalized spacial score (nSPS) is 10.0. The van der Waals surface area contributed by atoms with Crippen LogP contribution in [0, 0.1) is 19.3 Å². The molecule has 0 spiro atoms. The minimum atomic E-state index is -0.174. The highest BCUT2D eigenvalue weighted by Crippen LogP contribution is 2.16. The number of benzene rings is 1. The zero-order valence-corrected chi connectivity index (χ0v) is 9.00. The van der Waals surface area contributed by atoms with Gasteiger partial charge < -0.3 is 10.3 Å². The number of terminal acetylenes is 1. The summed E-state index contributed by atoms with van der Waals surface area (Å²) in [6, 6.07) is 7.83. The van der Waals surface area contributed by atoms with Gasteiger partial charge in [-0.05, 0) is 24.6 Å². The van der Waals surface area contributed by atoms with E-state index in [-0.39, 0.29) is 12.5 Å². The molecular weight excluding hydrogens is 200 g/mol. The summed E-state index contributed by atoms with van der Waals surface area (Å²) in [5, 5.41) is 3.64. The van der Waals surface area contributed by atoms with Crippen molar-refractivity contribution in [3.05, 3.63) is 35.5 Å². The molecule has 1 aromatic carbocycles. The van der Waals surface area contributed by atoms with E-state index in [9.17, 15) is 4.79 Å². The molecule has 0 fully saturated rings. The monoisotopic (exact) mass is 212 g/mol. The van der Waals surface area contributed by atoms with Gasteiger partial charge in [0, 0.05) is 10.9 Å². The maximum absolute atomic E-state index is 11.6. The first kappa shape index (κ1) is 10.3. The molecule has 1 aromatic heterocycles. The van der Waals surface area contributed by atoms with Gasteiger partial charge in [0.15, 0.2) is 0 Å². The summed E-state index contributed by atoms with van der Waals surface area (Å²) in [6.07, 6.45) is 5.07. The van der Waals surface area contributed by atoms with Crippen molar-refractivity contribution in [1.29, 1.82) is 0 Å². The second kappa shape index (κ2) is 4.11. The SMILES string of the molecule is C#CCNC(=O)c1cc2ccc(C)cc2[nH]1. The quantitative estimate of drug-likeness (QED) is 0.733. The average molecular weight is 212 g/mol. The maximum atomic E-state index is 11.6. The molecule has 3 nitrogen and oxygen atoms in total. The topological polar surface area (TPSA) is 44.9 Å². The number of hydrogen-bond acceptors (Lipinski definition) is 1. The summed E-state index contributed by atoms with van der Waals surface area (Å²) in [7, 11) is 0.